The summed E-state index contributed by atoms with van der Waals surface area (Å²) in [6.45, 7) is 9.58. The fraction of sp³-hybridized carbons (Fsp3) is 0.407. The van der Waals surface area contributed by atoms with E-state index in [0.717, 1.165) is 34.6 Å². The molecule has 0 atom stereocenters. The van der Waals surface area contributed by atoms with E-state index in [1.165, 1.54) is 54.3 Å². The highest BCUT2D eigenvalue weighted by Gasteiger charge is 2.28. The molecule has 1 saturated carbocycles. The van der Waals surface area contributed by atoms with Crippen LogP contribution in [-0.2, 0) is 6.54 Å². The van der Waals surface area contributed by atoms with Gasteiger partial charge in [-0.05, 0) is 50.7 Å². The fourth-order valence-electron chi connectivity index (χ4n) is 5.25. The zero-order valence-electron chi connectivity index (χ0n) is 19.0. The normalized spacial score (nSPS) is 16.1. The van der Waals surface area contributed by atoms with Crippen molar-refractivity contribution >= 4 is 11.0 Å². The van der Waals surface area contributed by atoms with Crippen LogP contribution >= 0.6 is 0 Å². The zero-order valence-corrected chi connectivity index (χ0v) is 19.0. The van der Waals surface area contributed by atoms with Crippen LogP contribution in [0.2, 0.25) is 0 Å². The number of benzene rings is 1. The van der Waals surface area contributed by atoms with Crippen LogP contribution in [0.5, 0.6) is 0 Å². The number of aromatic nitrogens is 3. The molecule has 1 aliphatic carbocycles. The summed E-state index contributed by atoms with van der Waals surface area (Å²) in [5.41, 5.74) is 9.35. The first-order valence-corrected chi connectivity index (χ1v) is 11.4. The number of rotatable bonds is 4. The van der Waals surface area contributed by atoms with Gasteiger partial charge in [0, 0.05) is 35.6 Å². The van der Waals surface area contributed by atoms with E-state index >= 15 is 0 Å². The molecule has 1 aliphatic rings. The molecule has 5 rings (SSSR count). The summed E-state index contributed by atoms with van der Waals surface area (Å²) in [5.74, 6) is 0.842. The molecule has 3 heterocycles. The maximum Gasteiger partial charge on any atom is 0.141 e. The second-order valence-electron chi connectivity index (χ2n) is 9.70. The van der Waals surface area contributed by atoms with Crippen molar-refractivity contribution in [2.75, 3.05) is 0 Å². The van der Waals surface area contributed by atoms with Crippen LogP contribution in [0.4, 0.5) is 0 Å². The Bertz CT molecular complexity index is 1200. The molecule has 0 N–H and O–H groups in total. The SMILES string of the molecule is Cc1ccc(-c2cn(CC3(C)CCCCC3)c3cc(-c4c(C)noc4C)cnc23)cc1. The van der Waals surface area contributed by atoms with Crippen molar-refractivity contribution in [1.29, 1.82) is 0 Å². The van der Waals surface area contributed by atoms with E-state index in [0.29, 0.717) is 5.41 Å². The Morgan fingerprint density at radius 3 is 2.42 bits per heavy atom. The molecular formula is C27H31N3O. The minimum absolute atomic E-state index is 0.341. The number of hydrogen-bond acceptors (Lipinski definition) is 3. The molecule has 4 heteroatoms. The number of nitrogens with zero attached hydrogens (tertiary/aromatic N) is 3. The maximum absolute atomic E-state index is 5.43. The molecule has 31 heavy (non-hydrogen) atoms. The molecule has 0 saturated heterocycles. The molecule has 4 aromatic rings. The molecule has 160 valence electrons. The lowest BCUT2D eigenvalue weighted by Gasteiger charge is -2.34. The Balaban J connectivity index is 1.67. The minimum Gasteiger partial charge on any atom is -0.361 e. The number of fused-ring (bicyclic) bond motifs is 1. The summed E-state index contributed by atoms with van der Waals surface area (Å²) in [6.07, 6.45) is 10.9. The largest absolute Gasteiger partial charge is 0.361 e. The van der Waals surface area contributed by atoms with Crippen LogP contribution in [-0.4, -0.2) is 14.7 Å². The van der Waals surface area contributed by atoms with Gasteiger partial charge in [-0.25, -0.2) is 0 Å². The average Bonchev–Trinajstić information content (AvgIpc) is 3.28. The van der Waals surface area contributed by atoms with E-state index in [2.05, 4.69) is 60.1 Å². The molecule has 0 amide bonds. The first-order chi connectivity index (χ1) is 14.9. The van der Waals surface area contributed by atoms with Crippen molar-refractivity contribution in [3.8, 4) is 22.3 Å². The summed E-state index contributed by atoms with van der Waals surface area (Å²) in [6, 6.07) is 11.1. The van der Waals surface area contributed by atoms with Crippen LogP contribution in [0.25, 0.3) is 33.3 Å². The fourth-order valence-corrected chi connectivity index (χ4v) is 5.25. The third kappa shape index (κ3) is 3.69. The van der Waals surface area contributed by atoms with Crippen LogP contribution in [0.3, 0.4) is 0 Å². The average molecular weight is 414 g/mol. The highest BCUT2D eigenvalue weighted by molar-refractivity contribution is 5.95. The number of aryl methyl sites for hydroxylation is 3. The van der Waals surface area contributed by atoms with Gasteiger partial charge in [0.15, 0.2) is 0 Å². The van der Waals surface area contributed by atoms with Crippen molar-refractivity contribution in [2.24, 2.45) is 5.41 Å². The van der Waals surface area contributed by atoms with Gasteiger partial charge in [-0.15, -0.1) is 0 Å². The predicted octanol–water partition coefficient (Wildman–Crippen LogP) is 7.25. The smallest absolute Gasteiger partial charge is 0.141 e. The standard InChI is InChI=1S/C27H31N3O/c1-18-8-10-21(11-9-18)23-16-30(17-27(4)12-6-5-7-13-27)24-14-22(15-28-26(23)24)25-19(2)29-31-20(25)3/h8-11,14-16H,5-7,12-13,17H2,1-4H3. The Labute approximate surface area is 184 Å². The molecule has 1 fully saturated rings. The Morgan fingerprint density at radius 2 is 1.74 bits per heavy atom. The van der Waals surface area contributed by atoms with E-state index < -0.39 is 0 Å². The Morgan fingerprint density at radius 1 is 1.00 bits per heavy atom. The first kappa shape index (κ1) is 20.0. The molecule has 3 aromatic heterocycles. The predicted molar refractivity (Wildman–Crippen MR) is 126 cm³/mol. The molecule has 0 bridgehead atoms. The van der Waals surface area contributed by atoms with Crippen molar-refractivity contribution in [2.45, 2.75) is 66.3 Å². The number of pyridine rings is 1. The van der Waals surface area contributed by atoms with Crippen molar-refractivity contribution < 1.29 is 4.52 Å². The molecule has 0 spiro atoms. The van der Waals surface area contributed by atoms with Gasteiger partial charge in [0.2, 0.25) is 0 Å². The second kappa shape index (κ2) is 7.67. The number of hydrogen-bond donors (Lipinski definition) is 0. The minimum atomic E-state index is 0.341. The zero-order chi connectivity index (χ0) is 21.6. The Hall–Kier alpha value is -2.88. The van der Waals surface area contributed by atoms with Gasteiger partial charge in [-0.2, -0.15) is 0 Å². The summed E-state index contributed by atoms with van der Waals surface area (Å²) in [4.78, 5) is 4.96. The van der Waals surface area contributed by atoms with Gasteiger partial charge < -0.3 is 9.09 Å². The topological polar surface area (TPSA) is 43.9 Å². The van der Waals surface area contributed by atoms with Gasteiger partial charge >= 0.3 is 0 Å². The third-order valence-electron chi connectivity index (χ3n) is 7.01. The van der Waals surface area contributed by atoms with Crippen LogP contribution in [0.15, 0.2) is 47.2 Å². The van der Waals surface area contributed by atoms with Gasteiger partial charge in [-0.1, -0.05) is 61.2 Å². The molecule has 1 aromatic carbocycles. The van der Waals surface area contributed by atoms with E-state index in [1.54, 1.807) is 0 Å². The molecular weight excluding hydrogens is 382 g/mol. The quantitative estimate of drug-likeness (QED) is 0.354. The lowest BCUT2D eigenvalue weighted by Crippen LogP contribution is -2.25. The van der Waals surface area contributed by atoms with Gasteiger partial charge in [0.05, 0.1) is 16.7 Å². The summed E-state index contributed by atoms with van der Waals surface area (Å²) in [5, 5.41) is 4.15. The molecule has 4 nitrogen and oxygen atoms in total. The van der Waals surface area contributed by atoms with Gasteiger partial charge in [0.25, 0.3) is 0 Å². The lowest BCUT2D eigenvalue weighted by molar-refractivity contribution is 0.185. The van der Waals surface area contributed by atoms with E-state index in [9.17, 15) is 0 Å². The second-order valence-corrected chi connectivity index (χ2v) is 9.70. The van der Waals surface area contributed by atoms with Crippen LogP contribution < -0.4 is 0 Å². The first-order valence-electron chi connectivity index (χ1n) is 11.4. The molecule has 0 aliphatic heterocycles. The van der Waals surface area contributed by atoms with E-state index in [-0.39, 0.29) is 0 Å². The van der Waals surface area contributed by atoms with Crippen LogP contribution in [0, 0.1) is 26.2 Å². The van der Waals surface area contributed by atoms with Gasteiger partial charge in [0.1, 0.15) is 5.76 Å². The monoisotopic (exact) mass is 413 g/mol. The highest BCUT2D eigenvalue weighted by atomic mass is 16.5. The van der Waals surface area contributed by atoms with E-state index in [4.69, 9.17) is 9.51 Å². The third-order valence-corrected chi connectivity index (χ3v) is 7.01. The van der Waals surface area contributed by atoms with Crippen LogP contribution in [0.1, 0.15) is 56.0 Å². The van der Waals surface area contributed by atoms with Crippen molar-refractivity contribution in [3.05, 3.63) is 59.7 Å². The van der Waals surface area contributed by atoms with E-state index in [1.807, 2.05) is 20.0 Å². The summed E-state index contributed by atoms with van der Waals surface area (Å²) >= 11 is 0. The van der Waals surface area contributed by atoms with Gasteiger partial charge in [-0.3, -0.25) is 4.98 Å². The summed E-state index contributed by atoms with van der Waals surface area (Å²) in [7, 11) is 0. The van der Waals surface area contributed by atoms with Crippen molar-refractivity contribution in [3.63, 3.8) is 0 Å². The molecule has 0 radical (unpaired) electrons. The maximum atomic E-state index is 5.43. The Kier molecular flexibility index (Phi) is 4.96. The lowest BCUT2D eigenvalue weighted by atomic mass is 9.75. The highest BCUT2D eigenvalue weighted by Crippen LogP contribution is 2.40. The van der Waals surface area contributed by atoms with Crippen molar-refractivity contribution in [1.82, 2.24) is 14.7 Å². The molecule has 0 unspecified atom stereocenters. The summed E-state index contributed by atoms with van der Waals surface area (Å²) < 4.78 is 7.88.